The third-order valence-electron chi connectivity index (χ3n) is 10.2. The fourth-order valence-electron chi connectivity index (χ4n) is 8.19. The molecule has 1 aromatic heterocycles. The first-order valence-electron chi connectivity index (χ1n) is 14.3. The maximum atomic E-state index is 13.6. The van der Waals surface area contributed by atoms with Gasteiger partial charge in [0.15, 0.2) is 0 Å². The summed E-state index contributed by atoms with van der Waals surface area (Å²) in [5.41, 5.74) is 2.98. The lowest BCUT2D eigenvalue weighted by Gasteiger charge is -2.51. The van der Waals surface area contributed by atoms with E-state index in [9.17, 15) is 14.7 Å². The van der Waals surface area contributed by atoms with Crippen LogP contribution in [-0.2, 0) is 12.8 Å². The summed E-state index contributed by atoms with van der Waals surface area (Å²) in [7, 11) is 1.92. The van der Waals surface area contributed by atoms with Crippen molar-refractivity contribution in [2.75, 3.05) is 20.1 Å². The zero-order valence-corrected chi connectivity index (χ0v) is 22.3. The summed E-state index contributed by atoms with van der Waals surface area (Å²) in [4.78, 5) is 33.0. The number of hydrogen-bond donors (Lipinski definition) is 2. The molecule has 3 aliphatic carbocycles. The second-order valence-electron chi connectivity index (χ2n) is 12.6. The SMILES string of the molecule is C[C@H]1CC23CCCN(CC4CC4)C2Cc2ccc(O)cc2CC1C(N(C)C(=O)c1cccc(=O)[nH]1)CC3. The van der Waals surface area contributed by atoms with E-state index in [-0.39, 0.29) is 22.9 Å². The van der Waals surface area contributed by atoms with Crippen LogP contribution in [0.25, 0.3) is 0 Å². The Morgan fingerprint density at radius 2 is 1.97 bits per heavy atom. The molecule has 37 heavy (non-hydrogen) atoms. The van der Waals surface area contributed by atoms with Gasteiger partial charge in [0.05, 0.1) is 0 Å². The average molecular weight is 504 g/mol. The summed E-state index contributed by atoms with van der Waals surface area (Å²) >= 11 is 0. The van der Waals surface area contributed by atoms with Gasteiger partial charge in [-0.3, -0.25) is 14.5 Å². The molecule has 1 aromatic carbocycles. The third kappa shape index (κ3) is 4.73. The van der Waals surface area contributed by atoms with Crippen molar-refractivity contribution < 1.29 is 9.90 Å². The zero-order valence-electron chi connectivity index (χ0n) is 22.3. The lowest BCUT2D eigenvalue weighted by molar-refractivity contribution is -0.00959. The largest absolute Gasteiger partial charge is 0.508 e. The van der Waals surface area contributed by atoms with E-state index < -0.39 is 0 Å². The number of amides is 1. The molecule has 3 fully saturated rings. The van der Waals surface area contributed by atoms with Crippen LogP contribution in [0.2, 0.25) is 0 Å². The van der Waals surface area contributed by atoms with Gasteiger partial charge in [0.1, 0.15) is 11.4 Å². The van der Waals surface area contributed by atoms with Gasteiger partial charge >= 0.3 is 0 Å². The molecule has 2 N–H and O–H groups in total. The van der Waals surface area contributed by atoms with Crippen LogP contribution in [0.3, 0.4) is 0 Å². The van der Waals surface area contributed by atoms with Gasteiger partial charge in [0, 0.05) is 31.7 Å². The van der Waals surface area contributed by atoms with E-state index in [2.05, 4.69) is 22.9 Å². The van der Waals surface area contributed by atoms with Gasteiger partial charge in [0.25, 0.3) is 5.91 Å². The Balaban J connectivity index is 1.41. The number of carbonyl (C=O) groups excluding carboxylic acids is 1. The summed E-state index contributed by atoms with van der Waals surface area (Å²) < 4.78 is 0. The predicted molar refractivity (Wildman–Crippen MR) is 145 cm³/mol. The topological polar surface area (TPSA) is 76.6 Å². The number of aromatic nitrogens is 1. The van der Waals surface area contributed by atoms with Crippen molar-refractivity contribution in [2.24, 2.45) is 23.2 Å². The third-order valence-corrected chi connectivity index (χ3v) is 10.2. The van der Waals surface area contributed by atoms with Crippen molar-refractivity contribution in [1.29, 1.82) is 0 Å². The van der Waals surface area contributed by atoms with Crippen molar-refractivity contribution in [1.82, 2.24) is 14.8 Å². The van der Waals surface area contributed by atoms with E-state index in [1.807, 2.05) is 24.1 Å². The quantitative estimate of drug-likeness (QED) is 0.639. The Bertz CT molecular complexity index is 1220. The number of benzene rings is 1. The Morgan fingerprint density at radius 1 is 1.14 bits per heavy atom. The molecular formula is C31H41N3O3. The highest BCUT2D eigenvalue weighted by molar-refractivity contribution is 5.92. The number of aromatic amines is 1. The number of pyridine rings is 1. The monoisotopic (exact) mass is 503 g/mol. The number of likely N-dealkylation sites (tertiary alicyclic amines) is 1. The van der Waals surface area contributed by atoms with Crippen molar-refractivity contribution in [3.63, 3.8) is 0 Å². The molecule has 6 heteroatoms. The molecule has 2 saturated carbocycles. The molecule has 6 rings (SSSR count). The van der Waals surface area contributed by atoms with Crippen molar-refractivity contribution in [3.05, 3.63) is 63.6 Å². The molecule has 1 aliphatic heterocycles. The van der Waals surface area contributed by atoms with Gasteiger partial charge in [-0.2, -0.15) is 0 Å². The summed E-state index contributed by atoms with van der Waals surface area (Å²) in [6, 6.07) is 11.4. The molecule has 198 valence electrons. The average Bonchev–Trinajstić information content (AvgIpc) is 3.70. The van der Waals surface area contributed by atoms with Crippen molar-refractivity contribution in [3.8, 4) is 5.75 Å². The Kier molecular flexibility index (Phi) is 6.42. The standard InChI is InChI=1S/C31H41N3O3/c1-20-18-31-12-4-14-34(19-21-7-8-21)28(31)17-22-9-10-24(35)15-23(22)16-25(20)27(11-13-31)33(2)30(37)26-5-3-6-29(36)32-26/h3,5-6,9-10,15,20-21,25,27-28,35H,4,7-8,11-14,16-19H2,1-2H3,(H,32,36)/t20-,25?,27?,28?,31?/m0/s1. The van der Waals surface area contributed by atoms with Crippen LogP contribution < -0.4 is 5.56 Å². The van der Waals surface area contributed by atoms with Crippen LogP contribution in [0, 0.1) is 23.2 Å². The highest BCUT2D eigenvalue weighted by Crippen LogP contribution is 2.53. The number of carbonyl (C=O) groups is 1. The molecule has 2 aromatic rings. The lowest BCUT2D eigenvalue weighted by atomic mass is 9.65. The van der Waals surface area contributed by atoms with Gasteiger partial charge in [-0.05, 0) is 117 Å². The number of phenols is 1. The number of H-pyrrole nitrogens is 1. The second kappa shape index (κ2) is 9.61. The highest BCUT2D eigenvalue weighted by Gasteiger charge is 2.51. The Labute approximate surface area is 220 Å². The number of nitrogens with zero attached hydrogens (tertiary/aromatic N) is 2. The predicted octanol–water partition coefficient (Wildman–Crippen LogP) is 4.62. The van der Waals surface area contributed by atoms with Gasteiger partial charge in [-0.1, -0.05) is 19.1 Å². The fourth-order valence-corrected chi connectivity index (χ4v) is 8.19. The molecule has 0 radical (unpaired) electrons. The Morgan fingerprint density at radius 3 is 2.76 bits per heavy atom. The smallest absolute Gasteiger partial charge is 0.270 e. The maximum Gasteiger partial charge on any atom is 0.270 e. The molecular weight excluding hydrogens is 462 g/mol. The molecule has 6 nitrogen and oxygen atoms in total. The van der Waals surface area contributed by atoms with E-state index in [1.54, 1.807) is 12.1 Å². The lowest BCUT2D eigenvalue weighted by Crippen LogP contribution is -2.54. The fraction of sp³-hybridized carbons (Fsp3) is 0.613. The van der Waals surface area contributed by atoms with Crippen molar-refractivity contribution in [2.45, 2.75) is 76.8 Å². The molecule has 1 saturated heterocycles. The summed E-state index contributed by atoms with van der Waals surface area (Å²) in [6.45, 7) is 4.82. The maximum absolute atomic E-state index is 13.6. The van der Waals surface area contributed by atoms with Gasteiger partial charge in [-0.15, -0.1) is 0 Å². The molecule has 1 spiro atoms. The van der Waals surface area contributed by atoms with Crippen LogP contribution in [0.15, 0.2) is 41.2 Å². The van der Waals surface area contributed by atoms with Gasteiger partial charge in [0.2, 0.25) is 5.56 Å². The van der Waals surface area contributed by atoms with Gasteiger partial charge in [-0.25, -0.2) is 0 Å². The summed E-state index contributed by atoms with van der Waals surface area (Å²) in [6.07, 6.45) is 10.5. The number of piperidine rings is 1. The number of hydrogen-bond acceptors (Lipinski definition) is 4. The minimum atomic E-state index is -0.247. The normalized spacial score (nSPS) is 31.8. The van der Waals surface area contributed by atoms with Crippen LogP contribution in [0.4, 0.5) is 0 Å². The molecule has 1 amide bonds. The summed E-state index contributed by atoms with van der Waals surface area (Å²) in [5.74, 6) is 1.83. The minimum Gasteiger partial charge on any atom is -0.508 e. The van der Waals surface area contributed by atoms with Crippen molar-refractivity contribution >= 4 is 5.91 Å². The molecule has 2 heterocycles. The number of rotatable bonds is 4. The first-order chi connectivity index (χ1) is 17.8. The molecule has 2 bridgehead atoms. The highest BCUT2D eigenvalue weighted by atomic mass is 16.3. The van der Waals surface area contributed by atoms with Crippen LogP contribution in [-0.4, -0.2) is 58.0 Å². The van der Waals surface area contributed by atoms with E-state index in [0.717, 1.165) is 31.6 Å². The Hall–Kier alpha value is -2.60. The molecule has 5 atom stereocenters. The van der Waals surface area contributed by atoms with Crippen LogP contribution >= 0.6 is 0 Å². The number of fused-ring (bicyclic) bond motifs is 3. The molecule has 4 unspecified atom stereocenters. The van der Waals surface area contributed by atoms with Crippen LogP contribution in [0.1, 0.15) is 73.5 Å². The van der Waals surface area contributed by atoms with E-state index in [4.69, 9.17) is 0 Å². The van der Waals surface area contributed by atoms with Crippen LogP contribution in [0.5, 0.6) is 5.75 Å². The van der Waals surface area contributed by atoms with E-state index in [1.165, 1.54) is 62.4 Å². The molecule has 4 aliphatic rings. The minimum absolute atomic E-state index is 0.0818. The number of nitrogens with one attached hydrogen (secondary N) is 1. The van der Waals surface area contributed by atoms with Gasteiger partial charge < -0.3 is 15.0 Å². The second-order valence-corrected chi connectivity index (χ2v) is 12.6. The number of phenolic OH excluding ortho intramolecular Hbond substituents is 1. The summed E-state index contributed by atoms with van der Waals surface area (Å²) in [5, 5.41) is 10.5. The van der Waals surface area contributed by atoms with E-state index in [0.29, 0.717) is 29.3 Å². The zero-order chi connectivity index (χ0) is 25.7. The first kappa shape index (κ1) is 24.7. The van der Waals surface area contributed by atoms with E-state index >= 15 is 0 Å². The first-order valence-corrected chi connectivity index (χ1v) is 14.3. The number of aromatic hydroxyl groups is 1.